The zero-order valence-electron chi connectivity index (χ0n) is 16.5. The zero-order valence-corrected chi connectivity index (χ0v) is 17.3. The normalized spacial score (nSPS) is 11.8. The Hall–Kier alpha value is -3.44. The van der Waals surface area contributed by atoms with Gasteiger partial charge in [0.15, 0.2) is 0 Å². The van der Waals surface area contributed by atoms with Gasteiger partial charge in [0.2, 0.25) is 5.91 Å². The minimum Gasteiger partial charge on any atom is -0.349 e. The Bertz CT molecular complexity index is 1130. The first-order valence-corrected chi connectivity index (χ1v) is 10.1. The van der Waals surface area contributed by atoms with Crippen molar-refractivity contribution in [3.63, 3.8) is 0 Å². The number of hydrogen-bond acceptors (Lipinski definition) is 3. The van der Waals surface area contributed by atoms with Crippen molar-refractivity contribution in [2.45, 2.75) is 19.4 Å². The van der Waals surface area contributed by atoms with Gasteiger partial charge in [-0.2, -0.15) is 5.10 Å². The van der Waals surface area contributed by atoms with Crippen LogP contribution >= 0.6 is 11.6 Å². The van der Waals surface area contributed by atoms with Crippen LogP contribution in [0.25, 0.3) is 16.9 Å². The lowest BCUT2D eigenvalue weighted by atomic mass is 10.1. The number of hydrogen-bond donors (Lipinski definition) is 1. The lowest BCUT2D eigenvalue weighted by molar-refractivity contribution is -0.121. The van der Waals surface area contributed by atoms with Gasteiger partial charge in [0.25, 0.3) is 0 Å². The van der Waals surface area contributed by atoms with Gasteiger partial charge in [-0.3, -0.25) is 9.78 Å². The largest absolute Gasteiger partial charge is 0.349 e. The Balaban J connectivity index is 1.61. The second-order valence-electron chi connectivity index (χ2n) is 7.04. The first-order chi connectivity index (χ1) is 14.6. The minimum absolute atomic E-state index is 0.0748. The van der Waals surface area contributed by atoms with Crippen molar-refractivity contribution in [2.24, 2.45) is 0 Å². The van der Waals surface area contributed by atoms with Crippen molar-refractivity contribution in [2.75, 3.05) is 0 Å². The maximum Gasteiger partial charge on any atom is 0.225 e. The number of nitrogens with one attached hydrogen (secondary N) is 1. The smallest absolute Gasteiger partial charge is 0.225 e. The van der Waals surface area contributed by atoms with Gasteiger partial charge in [-0.05, 0) is 42.8 Å². The number of amides is 1. The predicted molar refractivity (Wildman–Crippen MR) is 119 cm³/mol. The highest BCUT2D eigenvalue weighted by Crippen LogP contribution is 2.26. The first kappa shape index (κ1) is 19.9. The Morgan fingerprint density at radius 2 is 1.83 bits per heavy atom. The number of pyridine rings is 1. The van der Waals surface area contributed by atoms with Crippen LogP contribution < -0.4 is 5.32 Å². The number of rotatable bonds is 6. The fourth-order valence-corrected chi connectivity index (χ4v) is 3.41. The van der Waals surface area contributed by atoms with E-state index < -0.39 is 0 Å². The molecule has 1 N–H and O–H groups in total. The number of aromatic nitrogens is 3. The van der Waals surface area contributed by atoms with Crippen LogP contribution in [0.15, 0.2) is 85.3 Å². The standard InChI is InChI=1S/C24H21ClN4O/c1-17(19-6-5-13-26-15-19)27-23(30)14-20-16-29(22-7-3-2-4-8-22)28-24(20)18-9-11-21(25)12-10-18/h2-13,15-17H,14H2,1H3,(H,27,30). The summed E-state index contributed by atoms with van der Waals surface area (Å²) in [5.74, 6) is -0.0748. The van der Waals surface area contributed by atoms with Gasteiger partial charge in [-0.25, -0.2) is 4.68 Å². The Labute approximate surface area is 180 Å². The first-order valence-electron chi connectivity index (χ1n) is 9.69. The summed E-state index contributed by atoms with van der Waals surface area (Å²) < 4.78 is 1.80. The second-order valence-corrected chi connectivity index (χ2v) is 7.48. The average molecular weight is 417 g/mol. The highest BCUT2D eigenvalue weighted by Gasteiger charge is 2.17. The van der Waals surface area contributed by atoms with Crippen LogP contribution in [0.1, 0.15) is 24.1 Å². The molecule has 0 saturated carbocycles. The third kappa shape index (κ3) is 4.58. The van der Waals surface area contributed by atoms with Gasteiger partial charge in [-0.15, -0.1) is 0 Å². The topological polar surface area (TPSA) is 59.8 Å². The van der Waals surface area contributed by atoms with E-state index in [0.717, 1.165) is 28.1 Å². The van der Waals surface area contributed by atoms with Crippen molar-refractivity contribution in [1.29, 1.82) is 0 Å². The van der Waals surface area contributed by atoms with E-state index in [1.54, 1.807) is 17.1 Å². The van der Waals surface area contributed by atoms with Crippen molar-refractivity contribution < 1.29 is 4.79 Å². The Morgan fingerprint density at radius 1 is 1.07 bits per heavy atom. The molecule has 0 fully saturated rings. The van der Waals surface area contributed by atoms with Crippen LogP contribution in [0, 0.1) is 0 Å². The van der Waals surface area contributed by atoms with E-state index in [9.17, 15) is 4.79 Å². The number of benzene rings is 2. The van der Waals surface area contributed by atoms with Gasteiger partial charge in [-0.1, -0.05) is 48.0 Å². The van der Waals surface area contributed by atoms with E-state index in [1.165, 1.54) is 0 Å². The molecule has 2 heterocycles. The van der Waals surface area contributed by atoms with Gasteiger partial charge < -0.3 is 5.32 Å². The molecule has 0 bridgehead atoms. The fraction of sp³-hybridized carbons (Fsp3) is 0.125. The summed E-state index contributed by atoms with van der Waals surface area (Å²) in [6.07, 6.45) is 5.61. The zero-order chi connectivity index (χ0) is 20.9. The molecule has 1 amide bonds. The summed E-state index contributed by atoms with van der Waals surface area (Å²) >= 11 is 6.05. The van der Waals surface area contributed by atoms with E-state index >= 15 is 0 Å². The van der Waals surface area contributed by atoms with E-state index in [1.807, 2.05) is 79.9 Å². The molecule has 0 radical (unpaired) electrons. The molecule has 0 aliphatic heterocycles. The molecule has 0 aliphatic rings. The second kappa shape index (κ2) is 8.93. The van der Waals surface area contributed by atoms with Crippen molar-refractivity contribution in [3.8, 4) is 16.9 Å². The highest BCUT2D eigenvalue weighted by molar-refractivity contribution is 6.30. The maximum absolute atomic E-state index is 12.8. The molecule has 0 saturated heterocycles. The molecular formula is C24H21ClN4O. The van der Waals surface area contributed by atoms with Crippen molar-refractivity contribution in [1.82, 2.24) is 20.1 Å². The molecule has 2 aromatic heterocycles. The Kier molecular flexibility index (Phi) is 5.91. The third-order valence-corrected chi connectivity index (χ3v) is 5.09. The van der Waals surface area contributed by atoms with Gasteiger partial charge in [0.05, 0.1) is 23.8 Å². The van der Waals surface area contributed by atoms with Gasteiger partial charge in [0.1, 0.15) is 0 Å². The van der Waals surface area contributed by atoms with Crippen LogP contribution in [0.5, 0.6) is 0 Å². The van der Waals surface area contributed by atoms with Crippen molar-refractivity contribution in [3.05, 3.63) is 101 Å². The number of para-hydroxylation sites is 1. The van der Waals surface area contributed by atoms with E-state index in [4.69, 9.17) is 16.7 Å². The van der Waals surface area contributed by atoms with Crippen LogP contribution in [0.4, 0.5) is 0 Å². The molecule has 2 aromatic carbocycles. The number of nitrogens with zero attached hydrogens (tertiary/aromatic N) is 3. The van der Waals surface area contributed by atoms with Gasteiger partial charge >= 0.3 is 0 Å². The molecule has 4 rings (SSSR count). The lowest BCUT2D eigenvalue weighted by Gasteiger charge is -2.13. The van der Waals surface area contributed by atoms with E-state index in [0.29, 0.717) is 5.02 Å². The molecule has 150 valence electrons. The average Bonchev–Trinajstić information content (AvgIpc) is 3.19. The minimum atomic E-state index is -0.130. The monoisotopic (exact) mass is 416 g/mol. The third-order valence-electron chi connectivity index (χ3n) is 4.84. The van der Waals surface area contributed by atoms with Crippen LogP contribution in [0.2, 0.25) is 5.02 Å². The summed E-state index contributed by atoms with van der Waals surface area (Å²) in [4.78, 5) is 16.9. The quantitative estimate of drug-likeness (QED) is 0.480. The SMILES string of the molecule is CC(NC(=O)Cc1cn(-c2ccccc2)nc1-c1ccc(Cl)cc1)c1cccnc1. The van der Waals surface area contributed by atoms with Crippen molar-refractivity contribution >= 4 is 17.5 Å². The van der Waals surface area contributed by atoms with E-state index in [2.05, 4.69) is 10.3 Å². The summed E-state index contributed by atoms with van der Waals surface area (Å²) in [5.41, 5.74) is 4.42. The van der Waals surface area contributed by atoms with Crippen LogP contribution in [-0.4, -0.2) is 20.7 Å². The fourth-order valence-electron chi connectivity index (χ4n) is 3.28. The molecule has 5 nitrogen and oxygen atoms in total. The maximum atomic E-state index is 12.8. The molecule has 0 aliphatic carbocycles. The molecule has 0 spiro atoms. The number of carbonyl (C=O) groups is 1. The molecule has 4 aromatic rings. The molecule has 1 unspecified atom stereocenters. The molecule has 30 heavy (non-hydrogen) atoms. The summed E-state index contributed by atoms with van der Waals surface area (Å²) in [5, 5.41) is 8.46. The summed E-state index contributed by atoms with van der Waals surface area (Å²) in [6, 6.07) is 21.0. The van der Waals surface area contributed by atoms with Crippen LogP contribution in [-0.2, 0) is 11.2 Å². The molecular weight excluding hydrogens is 396 g/mol. The van der Waals surface area contributed by atoms with Crippen LogP contribution in [0.3, 0.4) is 0 Å². The number of halogens is 1. The predicted octanol–water partition coefficient (Wildman–Crippen LogP) is 5.01. The van der Waals surface area contributed by atoms with E-state index in [-0.39, 0.29) is 18.4 Å². The Morgan fingerprint density at radius 3 is 2.53 bits per heavy atom. The summed E-state index contributed by atoms with van der Waals surface area (Å²) in [7, 11) is 0. The highest BCUT2D eigenvalue weighted by atomic mass is 35.5. The van der Waals surface area contributed by atoms with Gasteiger partial charge in [0, 0.05) is 34.7 Å². The number of carbonyl (C=O) groups excluding carboxylic acids is 1. The lowest BCUT2D eigenvalue weighted by Crippen LogP contribution is -2.28. The summed E-state index contributed by atoms with van der Waals surface area (Å²) in [6.45, 7) is 1.95. The molecule has 6 heteroatoms. The molecule has 1 atom stereocenters.